The molecule has 0 saturated heterocycles. The molecule has 0 amide bonds. The van der Waals surface area contributed by atoms with E-state index in [0.29, 0.717) is 0 Å². The summed E-state index contributed by atoms with van der Waals surface area (Å²) >= 11 is 0. The molecule has 8 aromatic rings. The zero-order valence-corrected chi connectivity index (χ0v) is 34.2. The zero-order chi connectivity index (χ0) is 39.6. The van der Waals surface area contributed by atoms with Crippen molar-refractivity contribution in [1.29, 1.82) is 0 Å². The van der Waals surface area contributed by atoms with E-state index >= 15 is 0 Å². The molecule has 0 spiro atoms. The third kappa shape index (κ3) is 4.89. The molecule has 0 fully saturated rings. The van der Waals surface area contributed by atoms with Crippen molar-refractivity contribution in [3.63, 3.8) is 0 Å². The second-order valence-corrected chi connectivity index (χ2v) is 18.2. The molecule has 8 aromatic carbocycles. The summed E-state index contributed by atoms with van der Waals surface area (Å²) in [4.78, 5) is 2.52. The summed E-state index contributed by atoms with van der Waals surface area (Å²) in [6, 6.07) is 66.1. The molecule has 1 nitrogen and oxygen atoms in total. The molecule has 0 saturated carbocycles. The molecule has 0 heterocycles. The van der Waals surface area contributed by atoms with Gasteiger partial charge in [0.25, 0.3) is 0 Å². The van der Waals surface area contributed by atoms with Crippen molar-refractivity contribution in [2.75, 3.05) is 4.90 Å². The summed E-state index contributed by atoms with van der Waals surface area (Å²) in [7, 11) is 0. The largest absolute Gasteiger partial charge is 0.310 e. The van der Waals surface area contributed by atoms with Crippen LogP contribution in [0.25, 0.3) is 55.6 Å². The molecule has 58 heavy (non-hydrogen) atoms. The highest BCUT2D eigenvalue weighted by molar-refractivity contribution is 5.95. The van der Waals surface area contributed by atoms with Crippen molar-refractivity contribution in [3.05, 3.63) is 209 Å². The maximum Gasteiger partial charge on any atom is 0.0465 e. The first kappa shape index (κ1) is 34.8. The maximum absolute atomic E-state index is 2.52. The highest BCUT2D eigenvalue weighted by Gasteiger charge is 2.40. The van der Waals surface area contributed by atoms with Gasteiger partial charge in [-0.25, -0.2) is 0 Å². The van der Waals surface area contributed by atoms with Gasteiger partial charge in [-0.3, -0.25) is 0 Å². The van der Waals surface area contributed by atoms with Crippen molar-refractivity contribution in [2.24, 2.45) is 0 Å². The molecule has 0 N–H and O–H groups in total. The van der Waals surface area contributed by atoms with Crippen LogP contribution < -0.4 is 4.90 Å². The Hall–Kier alpha value is -6.44. The van der Waals surface area contributed by atoms with E-state index in [9.17, 15) is 0 Å². The maximum atomic E-state index is 2.52. The third-order valence-corrected chi connectivity index (χ3v) is 13.9. The van der Waals surface area contributed by atoms with E-state index in [-0.39, 0.29) is 16.2 Å². The van der Waals surface area contributed by atoms with Crippen LogP contribution in [0.2, 0.25) is 0 Å². The van der Waals surface area contributed by atoms with Crippen LogP contribution in [-0.4, -0.2) is 0 Å². The van der Waals surface area contributed by atoms with Gasteiger partial charge >= 0.3 is 0 Å². The van der Waals surface area contributed by atoms with Crippen LogP contribution in [0.3, 0.4) is 0 Å². The first-order chi connectivity index (χ1) is 28.0. The predicted molar refractivity (Wildman–Crippen MR) is 245 cm³/mol. The smallest absolute Gasteiger partial charge is 0.0465 e. The lowest BCUT2D eigenvalue weighted by Crippen LogP contribution is -2.19. The average Bonchev–Trinajstić information content (AvgIpc) is 3.73. The molecule has 3 aliphatic carbocycles. The predicted octanol–water partition coefficient (Wildman–Crippen LogP) is 15.4. The van der Waals surface area contributed by atoms with Crippen molar-refractivity contribution in [1.82, 2.24) is 0 Å². The number of anilines is 3. The minimum atomic E-state index is -0.185. The Morgan fingerprint density at radius 2 is 0.655 bits per heavy atom. The molecule has 0 aromatic heterocycles. The lowest BCUT2D eigenvalue weighted by Gasteiger charge is -2.31. The van der Waals surface area contributed by atoms with Crippen LogP contribution in [0.1, 0.15) is 74.9 Å². The lowest BCUT2D eigenvalue weighted by atomic mass is 9.81. The first-order valence-corrected chi connectivity index (χ1v) is 20.8. The Labute approximate surface area is 343 Å². The number of benzene rings is 8. The van der Waals surface area contributed by atoms with Gasteiger partial charge < -0.3 is 4.90 Å². The number of hydrogen-bond acceptors (Lipinski definition) is 1. The van der Waals surface area contributed by atoms with Gasteiger partial charge in [0.1, 0.15) is 0 Å². The normalized spacial score (nSPS) is 15.5. The van der Waals surface area contributed by atoms with Crippen LogP contribution in [0.4, 0.5) is 17.1 Å². The minimum Gasteiger partial charge on any atom is -0.310 e. The molecular weight excluding hydrogens is 699 g/mol. The topological polar surface area (TPSA) is 3.24 Å². The molecule has 0 unspecified atom stereocenters. The van der Waals surface area contributed by atoms with Crippen molar-refractivity contribution in [2.45, 2.75) is 57.8 Å². The Bertz CT molecular complexity index is 2850. The summed E-state index contributed by atoms with van der Waals surface area (Å²) in [5.41, 5.74) is 24.5. The molecule has 0 bridgehead atoms. The van der Waals surface area contributed by atoms with Crippen molar-refractivity contribution in [3.8, 4) is 55.6 Å². The Balaban J connectivity index is 1.07. The van der Waals surface area contributed by atoms with Gasteiger partial charge in [0, 0.05) is 33.3 Å². The van der Waals surface area contributed by atoms with Crippen LogP contribution in [0.15, 0.2) is 176 Å². The van der Waals surface area contributed by atoms with Crippen molar-refractivity contribution >= 4 is 17.1 Å². The molecule has 0 radical (unpaired) electrons. The second kappa shape index (κ2) is 12.3. The van der Waals surface area contributed by atoms with Crippen LogP contribution in [-0.2, 0) is 16.2 Å². The summed E-state index contributed by atoms with van der Waals surface area (Å²) in [5.74, 6) is 0. The number of rotatable bonds is 5. The average molecular weight is 746 g/mol. The van der Waals surface area contributed by atoms with Gasteiger partial charge in [-0.05, 0) is 125 Å². The minimum absolute atomic E-state index is 0.105. The standard InChI is InChI=1S/C57H47N/c1-55(2)48-20-12-10-17-43(48)45-30-27-39(33-51(45)55)58(40-28-31-46-44-18-11-13-21-49(44)56(3,4)52(46)34-40)41-29-32-47-53(35-41)57(5,6)50-22-14-19-42(54(47)50)38-25-23-37(24-26-38)36-15-8-7-9-16-36/h7-35H,1-6H3. The van der Waals surface area contributed by atoms with E-state index < -0.39 is 0 Å². The summed E-state index contributed by atoms with van der Waals surface area (Å²) in [6.07, 6.45) is 0. The monoisotopic (exact) mass is 745 g/mol. The van der Waals surface area contributed by atoms with Gasteiger partial charge in [0.2, 0.25) is 0 Å². The fourth-order valence-electron chi connectivity index (χ4n) is 10.7. The third-order valence-electron chi connectivity index (χ3n) is 13.9. The van der Waals surface area contributed by atoms with Crippen LogP contribution in [0.5, 0.6) is 0 Å². The van der Waals surface area contributed by atoms with Gasteiger partial charge in [-0.2, -0.15) is 0 Å². The number of fused-ring (bicyclic) bond motifs is 9. The summed E-state index contributed by atoms with van der Waals surface area (Å²) < 4.78 is 0. The van der Waals surface area contributed by atoms with E-state index in [1.807, 2.05) is 0 Å². The van der Waals surface area contributed by atoms with Gasteiger partial charge in [0.15, 0.2) is 0 Å². The summed E-state index contributed by atoms with van der Waals surface area (Å²) in [6.45, 7) is 14.3. The molecular formula is C57H47N. The Kier molecular flexibility index (Phi) is 7.36. The molecule has 0 aliphatic heterocycles. The Morgan fingerprint density at radius 1 is 0.276 bits per heavy atom. The molecule has 11 rings (SSSR count). The number of hydrogen-bond donors (Lipinski definition) is 0. The van der Waals surface area contributed by atoms with Crippen LogP contribution in [0, 0.1) is 0 Å². The molecule has 1 heteroatoms. The molecule has 0 atom stereocenters. The van der Waals surface area contributed by atoms with E-state index in [1.54, 1.807) is 0 Å². The SMILES string of the molecule is CC1(C)c2ccccc2-c2ccc(N(c3ccc4c(c3)C(C)(C)c3ccccc3-4)c3ccc4c(c3)C(C)(C)c3cccc(-c5ccc(-c6ccccc6)cc5)c3-4)cc21. The van der Waals surface area contributed by atoms with Crippen molar-refractivity contribution < 1.29 is 0 Å². The van der Waals surface area contributed by atoms with E-state index in [4.69, 9.17) is 0 Å². The quantitative estimate of drug-likeness (QED) is 0.170. The second-order valence-electron chi connectivity index (χ2n) is 18.2. The Morgan fingerprint density at radius 3 is 1.21 bits per heavy atom. The highest BCUT2D eigenvalue weighted by atomic mass is 15.1. The molecule has 280 valence electrons. The summed E-state index contributed by atoms with van der Waals surface area (Å²) in [5, 5.41) is 0. The van der Waals surface area contributed by atoms with E-state index in [2.05, 4.69) is 222 Å². The molecule has 3 aliphatic rings. The van der Waals surface area contributed by atoms with E-state index in [1.165, 1.54) is 106 Å². The van der Waals surface area contributed by atoms with Crippen LogP contribution >= 0.6 is 0 Å². The first-order valence-electron chi connectivity index (χ1n) is 20.8. The van der Waals surface area contributed by atoms with E-state index in [0.717, 1.165) is 0 Å². The lowest BCUT2D eigenvalue weighted by molar-refractivity contribution is 0.659. The van der Waals surface area contributed by atoms with Gasteiger partial charge in [-0.1, -0.05) is 181 Å². The van der Waals surface area contributed by atoms with Gasteiger partial charge in [0.05, 0.1) is 0 Å². The fourth-order valence-corrected chi connectivity index (χ4v) is 10.7. The zero-order valence-electron chi connectivity index (χ0n) is 34.2. The highest BCUT2D eigenvalue weighted by Crippen LogP contribution is 2.56. The van der Waals surface area contributed by atoms with Gasteiger partial charge in [-0.15, -0.1) is 0 Å². The number of nitrogens with zero attached hydrogens (tertiary/aromatic N) is 1. The fraction of sp³-hybridized carbons (Fsp3) is 0.158.